The van der Waals surface area contributed by atoms with E-state index in [1.807, 2.05) is 19.2 Å². The zero-order valence-corrected chi connectivity index (χ0v) is 22.0. The van der Waals surface area contributed by atoms with Gasteiger partial charge in [-0.2, -0.15) is 0 Å². The van der Waals surface area contributed by atoms with E-state index in [-0.39, 0.29) is 23.1 Å². The lowest BCUT2D eigenvalue weighted by molar-refractivity contribution is -0.111. The van der Waals surface area contributed by atoms with Gasteiger partial charge in [0, 0.05) is 42.9 Å². The summed E-state index contributed by atoms with van der Waals surface area (Å²) in [5, 5.41) is 6.81. The standard InChI is InChI=1S/C28H31ClFN5O3/c1-35(16-20-7-4-12-37-20)11-3-8-27(36)34-25-14-21-24(15-26(25)38-19-5-2-6-19)31-17-32-28(21)33-18-9-10-23(30)22(29)13-18/h3,8-10,13-15,17,19-20H,2,4-7,11-12,16H2,1H3,(H,34,36)(H,31,32,33)/t20-/m0/s1. The van der Waals surface area contributed by atoms with Crippen LogP contribution in [0.1, 0.15) is 32.1 Å². The quantitative estimate of drug-likeness (QED) is 0.319. The fourth-order valence-corrected chi connectivity index (χ4v) is 4.66. The number of halogens is 2. The minimum Gasteiger partial charge on any atom is -0.488 e. The molecule has 2 aromatic carbocycles. The molecule has 1 amide bonds. The molecule has 1 saturated heterocycles. The Morgan fingerprint density at radius 2 is 2.11 bits per heavy atom. The van der Waals surface area contributed by atoms with Crippen LogP contribution >= 0.6 is 11.6 Å². The molecular formula is C28H31ClFN5O3. The second kappa shape index (κ2) is 12.1. The van der Waals surface area contributed by atoms with E-state index in [9.17, 15) is 9.18 Å². The van der Waals surface area contributed by atoms with Gasteiger partial charge < -0.3 is 25.0 Å². The summed E-state index contributed by atoms with van der Waals surface area (Å²) in [7, 11) is 2.01. The number of amides is 1. The van der Waals surface area contributed by atoms with Crippen LogP contribution in [0.3, 0.4) is 0 Å². The molecule has 5 rings (SSSR count). The Morgan fingerprint density at radius 3 is 2.84 bits per heavy atom. The van der Waals surface area contributed by atoms with Gasteiger partial charge in [-0.1, -0.05) is 17.7 Å². The molecule has 200 valence electrons. The highest BCUT2D eigenvalue weighted by molar-refractivity contribution is 6.31. The van der Waals surface area contributed by atoms with Crippen molar-refractivity contribution >= 4 is 45.6 Å². The summed E-state index contributed by atoms with van der Waals surface area (Å²) < 4.78 is 25.5. The first-order chi connectivity index (χ1) is 18.4. The normalized spacial score (nSPS) is 17.7. The number of rotatable bonds is 10. The Hall–Kier alpha value is -3.27. The first-order valence-corrected chi connectivity index (χ1v) is 13.3. The number of carbonyl (C=O) groups is 1. The highest BCUT2D eigenvalue weighted by Crippen LogP contribution is 2.36. The van der Waals surface area contributed by atoms with Gasteiger partial charge in [-0.25, -0.2) is 14.4 Å². The minimum absolute atomic E-state index is 0.00528. The van der Waals surface area contributed by atoms with Gasteiger partial charge >= 0.3 is 0 Å². The average Bonchev–Trinajstić information content (AvgIpc) is 3.37. The van der Waals surface area contributed by atoms with Crippen LogP contribution in [-0.2, 0) is 9.53 Å². The summed E-state index contributed by atoms with van der Waals surface area (Å²) in [6, 6.07) is 7.96. The van der Waals surface area contributed by atoms with Crippen molar-refractivity contribution in [3.63, 3.8) is 0 Å². The number of hydrogen-bond acceptors (Lipinski definition) is 7. The Morgan fingerprint density at radius 1 is 1.24 bits per heavy atom. The molecule has 38 heavy (non-hydrogen) atoms. The minimum atomic E-state index is -0.501. The van der Waals surface area contributed by atoms with Crippen molar-refractivity contribution in [2.75, 3.05) is 37.4 Å². The fourth-order valence-electron chi connectivity index (χ4n) is 4.48. The predicted octanol–water partition coefficient (Wildman–Crippen LogP) is 5.70. The lowest BCUT2D eigenvalue weighted by Crippen LogP contribution is -2.29. The average molecular weight is 540 g/mol. The maximum atomic E-state index is 13.6. The molecule has 0 unspecified atom stereocenters. The molecule has 2 aliphatic rings. The maximum Gasteiger partial charge on any atom is 0.248 e. The summed E-state index contributed by atoms with van der Waals surface area (Å²) >= 11 is 5.95. The number of benzene rings is 2. The summed E-state index contributed by atoms with van der Waals surface area (Å²) in [6.45, 7) is 2.30. The summed E-state index contributed by atoms with van der Waals surface area (Å²) in [6.07, 6.45) is 10.5. The molecule has 2 fully saturated rings. The Bertz CT molecular complexity index is 1330. The van der Waals surface area contributed by atoms with Gasteiger partial charge in [0.25, 0.3) is 0 Å². The van der Waals surface area contributed by atoms with Crippen molar-refractivity contribution in [1.82, 2.24) is 14.9 Å². The number of anilines is 3. The van der Waals surface area contributed by atoms with Crippen molar-refractivity contribution < 1.29 is 18.7 Å². The van der Waals surface area contributed by atoms with Gasteiger partial charge in [-0.15, -0.1) is 0 Å². The van der Waals surface area contributed by atoms with Gasteiger partial charge in [-0.05, 0) is 63.4 Å². The van der Waals surface area contributed by atoms with Gasteiger partial charge in [0.2, 0.25) is 5.91 Å². The molecule has 2 heterocycles. The monoisotopic (exact) mass is 539 g/mol. The summed E-state index contributed by atoms with van der Waals surface area (Å²) in [5.74, 6) is 0.298. The molecule has 1 saturated carbocycles. The van der Waals surface area contributed by atoms with Crippen LogP contribution < -0.4 is 15.4 Å². The third-order valence-corrected chi connectivity index (χ3v) is 7.04. The second-order valence-electron chi connectivity index (χ2n) is 9.76. The van der Waals surface area contributed by atoms with E-state index in [0.717, 1.165) is 45.3 Å². The molecule has 2 N–H and O–H groups in total. The highest BCUT2D eigenvalue weighted by Gasteiger charge is 2.22. The molecular weight excluding hydrogens is 509 g/mol. The molecule has 3 aromatic rings. The molecule has 0 bridgehead atoms. The van der Waals surface area contributed by atoms with Crippen molar-refractivity contribution in [2.45, 2.75) is 44.3 Å². The number of carbonyl (C=O) groups excluding carboxylic acids is 1. The Balaban J connectivity index is 1.34. The lowest BCUT2D eigenvalue weighted by atomic mass is 9.96. The van der Waals surface area contributed by atoms with Crippen LogP contribution in [0.25, 0.3) is 10.9 Å². The SMILES string of the molecule is CN(CC=CC(=O)Nc1cc2c(Nc3ccc(F)c(Cl)c3)ncnc2cc1OC1CCC1)C[C@@H]1CCCO1. The van der Waals surface area contributed by atoms with E-state index in [4.69, 9.17) is 21.1 Å². The van der Waals surface area contributed by atoms with E-state index in [0.29, 0.717) is 40.4 Å². The molecule has 10 heteroatoms. The van der Waals surface area contributed by atoms with Crippen molar-refractivity contribution in [1.29, 1.82) is 0 Å². The van der Waals surface area contributed by atoms with Crippen LogP contribution in [0.5, 0.6) is 5.75 Å². The number of ether oxygens (including phenoxy) is 2. The number of aromatic nitrogens is 2. The molecule has 1 aliphatic heterocycles. The second-order valence-corrected chi connectivity index (χ2v) is 10.2. The van der Waals surface area contributed by atoms with Crippen LogP contribution in [0.4, 0.5) is 21.6 Å². The zero-order valence-electron chi connectivity index (χ0n) is 21.3. The number of nitrogens with one attached hydrogen (secondary N) is 2. The van der Waals surface area contributed by atoms with Gasteiger partial charge in [-0.3, -0.25) is 4.79 Å². The van der Waals surface area contributed by atoms with Gasteiger partial charge in [0.1, 0.15) is 23.7 Å². The van der Waals surface area contributed by atoms with E-state index in [2.05, 4.69) is 25.5 Å². The van der Waals surface area contributed by atoms with Crippen LogP contribution in [0, 0.1) is 5.82 Å². The maximum absolute atomic E-state index is 13.6. The smallest absolute Gasteiger partial charge is 0.248 e. The first kappa shape index (κ1) is 26.3. The van der Waals surface area contributed by atoms with E-state index in [1.165, 1.54) is 24.5 Å². The van der Waals surface area contributed by atoms with Crippen molar-refractivity contribution in [3.8, 4) is 5.75 Å². The first-order valence-electron chi connectivity index (χ1n) is 12.9. The third kappa shape index (κ3) is 6.59. The molecule has 1 aromatic heterocycles. The number of nitrogens with zero attached hydrogens (tertiary/aromatic N) is 3. The Kier molecular flexibility index (Phi) is 8.36. The largest absolute Gasteiger partial charge is 0.488 e. The van der Waals surface area contributed by atoms with Crippen LogP contribution in [0.2, 0.25) is 5.02 Å². The van der Waals surface area contributed by atoms with E-state index in [1.54, 1.807) is 12.1 Å². The predicted molar refractivity (Wildman–Crippen MR) is 147 cm³/mol. The molecule has 8 nitrogen and oxygen atoms in total. The number of likely N-dealkylation sites (N-methyl/N-ethyl adjacent to an activating group) is 1. The molecule has 1 atom stereocenters. The topological polar surface area (TPSA) is 88.6 Å². The number of fused-ring (bicyclic) bond motifs is 1. The fraction of sp³-hybridized carbons (Fsp3) is 0.393. The van der Waals surface area contributed by atoms with Gasteiger partial charge in [0.05, 0.1) is 28.4 Å². The highest BCUT2D eigenvalue weighted by atomic mass is 35.5. The third-order valence-electron chi connectivity index (χ3n) is 6.75. The summed E-state index contributed by atoms with van der Waals surface area (Å²) in [4.78, 5) is 23.7. The lowest BCUT2D eigenvalue weighted by Gasteiger charge is -2.27. The molecule has 0 spiro atoms. The van der Waals surface area contributed by atoms with Crippen LogP contribution in [0.15, 0.2) is 48.8 Å². The van der Waals surface area contributed by atoms with E-state index < -0.39 is 5.82 Å². The van der Waals surface area contributed by atoms with Crippen molar-refractivity contribution in [2.24, 2.45) is 0 Å². The van der Waals surface area contributed by atoms with Crippen LogP contribution in [-0.4, -0.2) is 59.7 Å². The van der Waals surface area contributed by atoms with Gasteiger partial charge in [0.15, 0.2) is 0 Å². The van der Waals surface area contributed by atoms with Crippen molar-refractivity contribution in [3.05, 3.63) is 59.7 Å². The summed E-state index contributed by atoms with van der Waals surface area (Å²) in [5.41, 5.74) is 1.75. The number of hydrogen-bond donors (Lipinski definition) is 2. The molecule has 1 aliphatic carbocycles. The Labute approximate surface area is 226 Å². The molecule has 0 radical (unpaired) electrons. The zero-order chi connectivity index (χ0) is 26.5. The van der Waals surface area contributed by atoms with E-state index >= 15 is 0 Å².